The highest BCUT2D eigenvalue weighted by Crippen LogP contribution is 2.22. The summed E-state index contributed by atoms with van der Waals surface area (Å²) < 4.78 is 5.39. The van der Waals surface area contributed by atoms with E-state index in [-0.39, 0.29) is 43.2 Å². The molecule has 0 aliphatic carbocycles. The highest BCUT2D eigenvalue weighted by atomic mass is 16.7. The molecule has 0 radical (unpaired) electrons. The molecule has 0 aromatic heterocycles. The van der Waals surface area contributed by atoms with Crippen LogP contribution < -0.4 is 0 Å². The van der Waals surface area contributed by atoms with Crippen molar-refractivity contribution >= 4 is 11.9 Å². The molecule has 2 atom stereocenters. The lowest BCUT2D eigenvalue weighted by atomic mass is 9.99. The van der Waals surface area contributed by atoms with E-state index in [4.69, 9.17) is 9.57 Å². The number of hydrogen-bond acceptors (Lipinski definition) is 5. The molecule has 6 heteroatoms. The number of amides is 1. The number of hydrogen-bond donors (Lipinski definition) is 0. The van der Waals surface area contributed by atoms with Crippen LogP contribution in [0, 0.1) is 0 Å². The van der Waals surface area contributed by atoms with Gasteiger partial charge in [-0.2, -0.15) is 0 Å². The molecule has 6 nitrogen and oxygen atoms in total. The molecule has 1 aliphatic rings. The van der Waals surface area contributed by atoms with Gasteiger partial charge < -0.3 is 4.74 Å². The van der Waals surface area contributed by atoms with E-state index < -0.39 is 0 Å². The van der Waals surface area contributed by atoms with E-state index in [2.05, 4.69) is 11.8 Å². The molecule has 0 spiro atoms. The Balaban J connectivity index is 1.90. The molecule has 0 saturated carbocycles. The zero-order valence-electron chi connectivity index (χ0n) is 16.2. The van der Waals surface area contributed by atoms with E-state index in [1.165, 1.54) is 12.0 Å². The van der Waals surface area contributed by atoms with Gasteiger partial charge in [-0.05, 0) is 39.2 Å². The third-order valence-corrected chi connectivity index (χ3v) is 4.53. The molecule has 1 amide bonds. The van der Waals surface area contributed by atoms with Gasteiger partial charge >= 0.3 is 5.97 Å². The Morgan fingerprint density at radius 1 is 1.23 bits per heavy atom. The van der Waals surface area contributed by atoms with Crippen molar-refractivity contribution in [3.05, 3.63) is 35.9 Å². The summed E-state index contributed by atoms with van der Waals surface area (Å²) in [5, 5.41) is 1.47. The predicted molar refractivity (Wildman–Crippen MR) is 99.0 cm³/mol. The van der Waals surface area contributed by atoms with Gasteiger partial charge in [-0.25, -0.2) is 5.06 Å². The summed E-state index contributed by atoms with van der Waals surface area (Å²) >= 11 is 0. The Hall–Kier alpha value is -1.92. The molecule has 1 aliphatic heterocycles. The lowest BCUT2D eigenvalue weighted by molar-refractivity contribution is -0.220. The van der Waals surface area contributed by atoms with E-state index in [9.17, 15) is 9.59 Å². The molecule has 1 aromatic carbocycles. The van der Waals surface area contributed by atoms with Crippen LogP contribution in [-0.2, 0) is 25.8 Å². The first-order valence-corrected chi connectivity index (χ1v) is 9.27. The third-order valence-electron chi connectivity index (χ3n) is 4.53. The lowest BCUT2D eigenvalue weighted by Gasteiger charge is -2.41. The summed E-state index contributed by atoms with van der Waals surface area (Å²) in [6.07, 6.45) is 1.70. The number of esters is 1. The fourth-order valence-corrected chi connectivity index (χ4v) is 3.16. The molecule has 1 fully saturated rings. The van der Waals surface area contributed by atoms with Gasteiger partial charge in [0.2, 0.25) is 5.91 Å². The molecule has 0 N–H and O–H groups in total. The highest BCUT2D eigenvalue weighted by Gasteiger charge is 2.33. The first-order chi connectivity index (χ1) is 12.4. The summed E-state index contributed by atoms with van der Waals surface area (Å²) in [6.45, 7) is 8.52. The SMILES string of the molecule is CC(=O)N(OC(C)C)C1CC[C@@H](C)N(CC(=O)OCc2ccccc2)C1. The summed E-state index contributed by atoms with van der Waals surface area (Å²) in [7, 11) is 0. The van der Waals surface area contributed by atoms with E-state index in [0.717, 1.165) is 18.4 Å². The first-order valence-electron chi connectivity index (χ1n) is 9.27. The second kappa shape index (κ2) is 9.69. The smallest absolute Gasteiger partial charge is 0.320 e. The van der Waals surface area contributed by atoms with Crippen LogP contribution in [0.25, 0.3) is 0 Å². The molecule has 1 heterocycles. The third kappa shape index (κ3) is 6.11. The van der Waals surface area contributed by atoms with Crippen molar-refractivity contribution < 1.29 is 19.2 Å². The fraction of sp³-hybridized carbons (Fsp3) is 0.600. The topological polar surface area (TPSA) is 59.1 Å². The predicted octanol–water partition coefficient (Wildman–Crippen LogP) is 2.77. The maximum absolute atomic E-state index is 12.2. The van der Waals surface area contributed by atoms with Crippen molar-refractivity contribution in [2.24, 2.45) is 0 Å². The van der Waals surface area contributed by atoms with E-state index in [1.54, 1.807) is 0 Å². The van der Waals surface area contributed by atoms with Gasteiger partial charge in [0.25, 0.3) is 0 Å². The number of nitrogens with zero attached hydrogens (tertiary/aromatic N) is 2. The molecule has 0 bridgehead atoms. The Kier molecular flexibility index (Phi) is 7.60. The number of hydroxylamine groups is 2. The van der Waals surface area contributed by atoms with Crippen LogP contribution in [0.1, 0.15) is 46.1 Å². The van der Waals surface area contributed by atoms with E-state index >= 15 is 0 Å². The van der Waals surface area contributed by atoms with Crippen LogP contribution in [-0.4, -0.2) is 53.1 Å². The number of carbonyl (C=O) groups excluding carboxylic acids is 2. The Labute approximate surface area is 156 Å². The van der Waals surface area contributed by atoms with Gasteiger partial charge in [0, 0.05) is 19.5 Å². The second-order valence-corrected chi connectivity index (χ2v) is 7.15. The zero-order valence-corrected chi connectivity index (χ0v) is 16.2. The number of likely N-dealkylation sites (tertiary alicyclic amines) is 1. The summed E-state index contributed by atoms with van der Waals surface area (Å²) in [5.74, 6) is -0.356. The standard InChI is InChI=1S/C20H30N2O4/c1-15(2)26-22(17(4)23)19-11-10-16(3)21(12-19)13-20(24)25-14-18-8-6-5-7-9-18/h5-9,15-16,19H,10-14H2,1-4H3/t16-,19?/m1/s1. The maximum atomic E-state index is 12.2. The minimum atomic E-state index is -0.250. The zero-order chi connectivity index (χ0) is 19.1. The van der Waals surface area contributed by atoms with Gasteiger partial charge in [-0.3, -0.25) is 19.3 Å². The van der Waals surface area contributed by atoms with Gasteiger partial charge in [-0.1, -0.05) is 30.3 Å². The van der Waals surface area contributed by atoms with Crippen molar-refractivity contribution in [3.8, 4) is 0 Å². The molecular weight excluding hydrogens is 332 g/mol. The average Bonchev–Trinajstić information content (AvgIpc) is 2.60. The van der Waals surface area contributed by atoms with Crippen LogP contribution in [0.15, 0.2) is 30.3 Å². The first kappa shape index (κ1) is 20.4. The largest absolute Gasteiger partial charge is 0.460 e. The summed E-state index contributed by atoms with van der Waals surface area (Å²) in [6, 6.07) is 9.86. The van der Waals surface area contributed by atoms with Crippen LogP contribution >= 0.6 is 0 Å². The van der Waals surface area contributed by atoms with Crippen molar-refractivity contribution in [3.63, 3.8) is 0 Å². The molecule has 2 rings (SSSR count). The second-order valence-electron chi connectivity index (χ2n) is 7.15. The monoisotopic (exact) mass is 362 g/mol. The minimum Gasteiger partial charge on any atom is -0.460 e. The number of ether oxygens (including phenoxy) is 1. The average molecular weight is 362 g/mol. The van der Waals surface area contributed by atoms with Crippen molar-refractivity contribution in [1.29, 1.82) is 0 Å². The number of benzene rings is 1. The van der Waals surface area contributed by atoms with Crippen LogP contribution in [0.5, 0.6) is 0 Å². The molecule has 1 aromatic rings. The van der Waals surface area contributed by atoms with Gasteiger partial charge in [0.05, 0.1) is 18.7 Å². The maximum Gasteiger partial charge on any atom is 0.320 e. The summed E-state index contributed by atoms with van der Waals surface area (Å²) in [5.41, 5.74) is 0.971. The van der Waals surface area contributed by atoms with Gasteiger partial charge in [-0.15, -0.1) is 0 Å². The molecule has 144 valence electrons. The van der Waals surface area contributed by atoms with Crippen LogP contribution in [0.3, 0.4) is 0 Å². The lowest BCUT2D eigenvalue weighted by Crippen LogP contribution is -2.54. The summed E-state index contributed by atoms with van der Waals surface area (Å²) in [4.78, 5) is 31.9. The highest BCUT2D eigenvalue weighted by molar-refractivity contribution is 5.73. The number of rotatable bonds is 7. The Morgan fingerprint density at radius 3 is 2.54 bits per heavy atom. The molecular formula is C20H30N2O4. The van der Waals surface area contributed by atoms with E-state index in [0.29, 0.717) is 6.54 Å². The normalized spacial score (nSPS) is 20.8. The Morgan fingerprint density at radius 2 is 1.92 bits per heavy atom. The van der Waals surface area contributed by atoms with Gasteiger partial charge in [0.1, 0.15) is 6.61 Å². The van der Waals surface area contributed by atoms with Crippen molar-refractivity contribution in [2.75, 3.05) is 13.1 Å². The fourth-order valence-electron chi connectivity index (χ4n) is 3.16. The Bertz CT molecular complexity index is 591. The van der Waals surface area contributed by atoms with E-state index in [1.807, 2.05) is 44.2 Å². The number of carbonyl (C=O) groups is 2. The number of piperidine rings is 1. The van der Waals surface area contributed by atoms with Crippen LogP contribution in [0.2, 0.25) is 0 Å². The van der Waals surface area contributed by atoms with Crippen molar-refractivity contribution in [1.82, 2.24) is 9.96 Å². The van der Waals surface area contributed by atoms with Crippen molar-refractivity contribution in [2.45, 2.75) is 65.3 Å². The molecule has 1 saturated heterocycles. The molecule has 1 unspecified atom stereocenters. The van der Waals surface area contributed by atoms with Gasteiger partial charge in [0.15, 0.2) is 0 Å². The molecule has 26 heavy (non-hydrogen) atoms. The quantitative estimate of drug-likeness (QED) is 0.551. The minimum absolute atomic E-state index is 0.0481. The van der Waals surface area contributed by atoms with Crippen LogP contribution in [0.4, 0.5) is 0 Å².